The van der Waals surface area contributed by atoms with Crippen LogP contribution >= 0.6 is 0 Å². The molecule has 0 saturated heterocycles. The molecular formula is C15H17NO2. The summed E-state index contributed by atoms with van der Waals surface area (Å²) in [6, 6.07) is 8.20. The predicted octanol–water partition coefficient (Wildman–Crippen LogP) is 3.75. The lowest BCUT2D eigenvalue weighted by Gasteiger charge is -2.27. The van der Waals surface area contributed by atoms with Crippen molar-refractivity contribution < 1.29 is 9.15 Å². The molecule has 1 aromatic heterocycles. The summed E-state index contributed by atoms with van der Waals surface area (Å²) in [4.78, 5) is 0. The summed E-state index contributed by atoms with van der Waals surface area (Å²) in [6.07, 6.45) is -0.0485. The lowest BCUT2D eigenvalue weighted by molar-refractivity contribution is 0.178. The van der Waals surface area contributed by atoms with Crippen LogP contribution in [0.5, 0.6) is 5.75 Å². The number of anilines is 1. The summed E-state index contributed by atoms with van der Waals surface area (Å²) in [5.41, 5.74) is 3.48. The summed E-state index contributed by atoms with van der Waals surface area (Å²) < 4.78 is 11.7. The Morgan fingerprint density at radius 1 is 1.17 bits per heavy atom. The first-order chi connectivity index (χ1) is 8.63. The van der Waals surface area contributed by atoms with E-state index < -0.39 is 0 Å². The maximum Gasteiger partial charge on any atom is 0.173 e. The number of hydrogen-bond donors (Lipinski definition) is 1. The fraction of sp³-hybridized carbons (Fsp3) is 0.333. The Morgan fingerprint density at radius 2 is 2.00 bits per heavy atom. The van der Waals surface area contributed by atoms with Crippen molar-refractivity contribution in [3.63, 3.8) is 0 Å². The van der Waals surface area contributed by atoms with Gasteiger partial charge in [-0.15, -0.1) is 0 Å². The van der Waals surface area contributed by atoms with Crippen LogP contribution in [0.3, 0.4) is 0 Å². The van der Waals surface area contributed by atoms with Gasteiger partial charge < -0.3 is 14.5 Å². The van der Waals surface area contributed by atoms with Gasteiger partial charge in [0.2, 0.25) is 0 Å². The van der Waals surface area contributed by atoms with Crippen molar-refractivity contribution in [3.05, 3.63) is 46.9 Å². The summed E-state index contributed by atoms with van der Waals surface area (Å²) in [5, 5.41) is 3.42. The van der Waals surface area contributed by atoms with E-state index in [0.29, 0.717) is 0 Å². The van der Waals surface area contributed by atoms with Gasteiger partial charge in [-0.3, -0.25) is 0 Å². The number of ether oxygens (including phenoxy) is 1. The van der Waals surface area contributed by atoms with Gasteiger partial charge in [-0.1, -0.05) is 6.07 Å². The Hall–Kier alpha value is -1.90. The van der Waals surface area contributed by atoms with Gasteiger partial charge in [0, 0.05) is 0 Å². The van der Waals surface area contributed by atoms with Crippen molar-refractivity contribution in [1.29, 1.82) is 0 Å². The molecule has 0 saturated carbocycles. The SMILES string of the molecule is Cc1cc(C)c2c(c1)NCC(c1ccc(C)o1)O2. The minimum absolute atomic E-state index is 0.0485. The fourth-order valence-electron chi connectivity index (χ4n) is 2.41. The second kappa shape index (κ2) is 4.09. The quantitative estimate of drug-likeness (QED) is 0.828. The molecule has 1 atom stereocenters. The molecule has 1 N–H and O–H groups in total. The molecule has 3 rings (SSSR count). The average molecular weight is 243 g/mol. The number of benzene rings is 1. The molecule has 2 aromatic rings. The van der Waals surface area contributed by atoms with Crippen molar-refractivity contribution >= 4 is 5.69 Å². The predicted molar refractivity (Wildman–Crippen MR) is 71.2 cm³/mol. The Morgan fingerprint density at radius 3 is 2.72 bits per heavy atom. The Balaban J connectivity index is 1.93. The zero-order valence-electron chi connectivity index (χ0n) is 10.9. The number of fused-ring (bicyclic) bond motifs is 1. The summed E-state index contributed by atoms with van der Waals surface area (Å²) >= 11 is 0. The molecule has 0 spiro atoms. The topological polar surface area (TPSA) is 34.4 Å². The van der Waals surface area contributed by atoms with E-state index in [0.717, 1.165) is 35.1 Å². The maximum atomic E-state index is 6.06. The van der Waals surface area contributed by atoms with Crippen LogP contribution in [0, 0.1) is 20.8 Å². The third-order valence-corrected chi connectivity index (χ3v) is 3.24. The van der Waals surface area contributed by atoms with Crippen LogP contribution in [0.15, 0.2) is 28.7 Å². The van der Waals surface area contributed by atoms with Gasteiger partial charge in [0.25, 0.3) is 0 Å². The molecule has 0 aliphatic carbocycles. The van der Waals surface area contributed by atoms with E-state index in [9.17, 15) is 0 Å². The first-order valence-corrected chi connectivity index (χ1v) is 6.21. The molecule has 0 fully saturated rings. The van der Waals surface area contributed by atoms with Crippen LogP contribution in [0.4, 0.5) is 5.69 Å². The molecule has 1 unspecified atom stereocenters. The van der Waals surface area contributed by atoms with E-state index in [1.54, 1.807) is 0 Å². The lowest BCUT2D eigenvalue weighted by atomic mass is 10.1. The number of rotatable bonds is 1. The summed E-state index contributed by atoms with van der Waals surface area (Å²) in [7, 11) is 0. The second-order valence-electron chi connectivity index (χ2n) is 4.89. The second-order valence-corrected chi connectivity index (χ2v) is 4.89. The normalized spacial score (nSPS) is 17.8. The smallest absolute Gasteiger partial charge is 0.173 e. The first-order valence-electron chi connectivity index (χ1n) is 6.21. The van der Waals surface area contributed by atoms with E-state index in [4.69, 9.17) is 9.15 Å². The van der Waals surface area contributed by atoms with Gasteiger partial charge in [0.15, 0.2) is 6.10 Å². The molecule has 1 aromatic carbocycles. The van der Waals surface area contributed by atoms with Crippen LogP contribution in [-0.4, -0.2) is 6.54 Å². The largest absolute Gasteiger partial charge is 0.478 e. The van der Waals surface area contributed by atoms with Crippen molar-refractivity contribution in [1.82, 2.24) is 0 Å². The van der Waals surface area contributed by atoms with E-state index in [2.05, 4.69) is 31.3 Å². The van der Waals surface area contributed by atoms with E-state index in [1.807, 2.05) is 19.1 Å². The molecule has 18 heavy (non-hydrogen) atoms. The van der Waals surface area contributed by atoms with Crippen molar-refractivity contribution in [2.45, 2.75) is 26.9 Å². The van der Waals surface area contributed by atoms with Crippen molar-refractivity contribution in [2.75, 3.05) is 11.9 Å². The molecular weight excluding hydrogens is 226 g/mol. The van der Waals surface area contributed by atoms with Crippen LogP contribution in [0.25, 0.3) is 0 Å². The first kappa shape index (κ1) is 11.2. The Labute approximate surface area is 107 Å². The third-order valence-electron chi connectivity index (χ3n) is 3.24. The highest BCUT2D eigenvalue weighted by atomic mass is 16.5. The highest BCUT2D eigenvalue weighted by Crippen LogP contribution is 2.37. The Bertz CT molecular complexity index is 586. The number of hydrogen-bond acceptors (Lipinski definition) is 3. The highest BCUT2D eigenvalue weighted by molar-refractivity contribution is 5.63. The van der Waals surface area contributed by atoms with E-state index in [-0.39, 0.29) is 6.10 Å². The minimum Gasteiger partial charge on any atom is -0.478 e. The molecule has 1 aliphatic rings. The maximum absolute atomic E-state index is 6.06. The van der Waals surface area contributed by atoms with Crippen LogP contribution in [-0.2, 0) is 0 Å². The molecule has 3 heteroatoms. The van der Waals surface area contributed by atoms with E-state index >= 15 is 0 Å². The average Bonchev–Trinajstić information content (AvgIpc) is 2.75. The van der Waals surface area contributed by atoms with Gasteiger partial charge in [-0.2, -0.15) is 0 Å². The third kappa shape index (κ3) is 1.86. The molecule has 0 radical (unpaired) electrons. The lowest BCUT2D eigenvalue weighted by Crippen LogP contribution is -2.23. The molecule has 2 heterocycles. The highest BCUT2D eigenvalue weighted by Gasteiger charge is 2.24. The van der Waals surface area contributed by atoms with Gasteiger partial charge in [-0.05, 0) is 50.1 Å². The molecule has 94 valence electrons. The van der Waals surface area contributed by atoms with Crippen LogP contribution in [0.2, 0.25) is 0 Å². The van der Waals surface area contributed by atoms with Crippen LogP contribution in [0.1, 0.15) is 28.8 Å². The minimum atomic E-state index is -0.0485. The standard InChI is InChI=1S/C15H17NO2/c1-9-6-10(2)15-12(7-9)16-8-14(18-15)13-5-4-11(3)17-13/h4-7,14,16H,8H2,1-3H3. The van der Waals surface area contributed by atoms with Gasteiger partial charge in [0.1, 0.15) is 17.3 Å². The van der Waals surface area contributed by atoms with Gasteiger partial charge in [0.05, 0.1) is 12.2 Å². The summed E-state index contributed by atoms with van der Waals surface area (Å²) in [6.45, 7) is 6.85. The number of nitrogens with one attached hydrogen (secondary N) is 1. The van der Waals surface area contributed by atoms with Crippen LogP contribution < -0.4 is 10.1 Å². The molecule has 3 nitrogen and oxygen atoms in total. The van der Waals surface area contributed by atoms with Crippen molar-refractivity contribution in [3.8, 4) is 5.75 Å². The van der Waals surface area contributed by atoms with Gasteiger partial charge in [-0.25, -0.2) is 0 Å². The van der Waals surface area contributed by atoms with Gasteiger partial charge >= 0.3 is 0 Å². The zero-order chi connectivity index (χ0) is 12.7. The summed E-state index contributed by atoms with van der Waals surface area (Å²) in [5.74, 6) is 2.73. The molecule has 1 aliphatic heterocycles. The number of furan rings is 1. The zero-order valence-corrected chi connectivity index (χ0v) is 10.9. The monoisotopic (exact) mass is 243 g/mol. The van der Waals surface area contributed by atoms with Crippen molar-refractivity contribution in [2.24, 2.45) is 0 Å². The molecule has 0 bridgehead atoms. The Kier molecular flexibility index (Phi) is 2.54. The van der Waals surface area contributed by atoms with E-state index in [1.165, 1.54) is 5.56 Å². The molecule has 0 amide bonds. The number of aryl methyl sites for hydroxylation is 3. The fourth-order valence-corrected chi connectivity index (χ4v) is 2.41.